The second-order valence-electron chi connectivity index (χ2n) is 2.61. The summed E-state index contributed by atoms with van der Waals surface area (Å²) < 4.78 is 24.7. The molecule has 0 aliphatic heterocycles. The number of unbranched alkanes of at least 4 members (excludes halogenated alkanes) is 1. The molecule has 5 heteroatoms. The Morgan fingerprint density at radius 3 is 2.50 bits per heavy atom. The lowest BCUT2D eigenvalue weighted by Gasteiger charge is -2.03. The Kier molecular flexibility index (Phi) is 6.80. The Balaban J connectivity index is 3.58. The van der Waals surface area contributed by atoms with Crippen molar-refractivity contribution >= 4 is 21.6 Å². The Morgan fingerprint density at radius 1 is 1.33 bits per heavy atom. The molecule has 0 spiro atoms. The molecule has 0 saturated carbocycles. The average Bonchev–Trinajstić information content (AvgIpc) is 2.01. The van der Waals surface area contributed by atoms with Crippen LogP contribution in [-0.4, -0.2) is 26.6 Å². The van der Waals surface area contributed by atoms with Crippen LogP contribution in [0.15, 0.2) is 0 Å². The number of alkyl halides is 1. The van der Waals surface area contributed by atoms with Crippen LogP contribution in [0.25, 0.3) is 0 Å². The summed E-state index contributed by atoms with van der Waals surface area (Å²) in [7, 11) is -3.05. The van der Waals surface area contributed by atoms with Crippen molar-refractivity contribution in [3.8, 4) is 0 Å². The molecule has 12 heavy (non-hydrogen) atoms. The predicted molar refractivity (Wildman–Crippen MR) is 52.0 cm³/mol. The fourth-order valence-corrected chi connectivity index (χ4v) is 2.14. The van der Waals surface area contributed by atoms with E-state index in [1.165, 1.54) is 0 Å². The summed E-state index contributed by atoms with van der Waals surface area (Å²) in [5.41, 5.74) is 0. The molecular weight excluding hydrogens is 198 g/mol. The molecule has 0 aliphatic carbocycles. The maximum atomic E-state index is 11.1. The third-order valence-electron chi connectivity index (χ3n) is 1.40. The first-order valence-corrected chi connectivity index (χ1v) is 6.34. The largest absolute Gasteiger partial charge is 0.215 e. The zero-order chi connectivity index (χ0) is 9.45. The molecule has 0 saturated heterocycles. The molecule has 0 heterocycles. The van der Waals surface area contributed by atoms with Gasteiger partial charge in [-0.3, -0.25) is 0 Å². The minimum atomic E-state index is -3.05. The molecule has 0 amide bonds. The van der Waals surface area contributed by atoms with E-state index in [-0.39, 0.29) is 5.75 Å². The van der Waals surface area contributed by atoms with E-state index >= 15 is 0 Å². The Labute approximate surface area is 79.5 Å². The first-order valence-electron chi connectivity index (χ1n) is 4.15. The van der Waals surface area contributed by atoms with Gasteiger partial charge in [-0.15, -0.1) is 11.6 Å². The van der Waals surface area contributed by atoms with E-state index < -0.39 is 10.0 Å². The van der Waals surface area contributed by atoms with Crippen LogP contribution >= 0.6 is 11.6 Å². The molecular formula is C7H16ClNO2S. The van der Waals surface area contributed by atoms with E-state index in [9.17, 15) is 8.42 Å². The second kappa shape index (κ2) is 6.69. The average molecular weight is 214 g/mol. The topological polar surface area (TPSA) is 46.2 Å². The summed E-state index contributed by atoms with van der Waals surface area (Å²) in [4.78, 5) is 0. The maximum absolute atomic E-state index is 11.1. The molecule has 0 aliphatic rings. The number of sulfonamides is 1. The van der Waals surface area contributed by atoms with Crippen LogP contribution < -0.4 is 4.72 Å². The summed E-state index contributed by atoms with van der Waals surface area (Å²) in [6.07, 6.45) is 2.40. The van der Waals surface area contributed by atoms with Crippen LogP contribution in [0.2, 0.25) is 0 Å². The van der Waals surface area contributed by atoms with Crippen molar-refractivity contribution in [2.75, 3.05) is 18.2 Å². The third-order valence-corrected chi connectivity index (χ3v) is 3.14. The highest BCUT2D eigenvalue weighted by Crippen LogP contribution is 1.93. The molecule has 0 bridgehead atoms. The van der Waals surface area contributed by atoms with Crippen molar-refractivity contribution < 1.29 is 8.42 Å². The van der Waals surface area contributed by atoms with E-state index in [0.717, 1.165) is 12.8 Å². The first-order chi connectivity index (χ1) is 5.62. The maximum Gasteiger partial charge on any atom is 0.211 e. The van der Waals surface area contributed by atoms with Crippen LogP contribution in [-0.2, 0) is 10.0 Å². The normalized spacial score (nSPS) is 11.8. The molecule has 0 fully saturated rings. The highest BCUT2D eigenvalue weighted by Gasteiger charge is 2.07. The van der Waals surface area contributed by atoms with Crippen molar-refractivity contribution in [2.45, 2.75) is 26.2 Å². The molecule has 1 N–H and O–H groups in total. The fourth-order valence-electron chi connectivity index (χ4n) is 0.721. The van der Waals surface area contributed by atoms with E-state index in [1.807, 2.05) is 6.92 Å². The Bertz CT molecular complexity index is 192. The van der Waals surface area contributed by atoms with Gasteiger partial charge in [0.15, 0.2) is 0 Å². The van der Waals surface area contributed by atoms with Crippen LogP contribution in [0.4, 0.5) is 0 Å². The molecule has 0 aromatic carbocycles. The summed E-state index contributed by atoms with van der Waals surface area (Å²) in [5.74, 6) is 0.537. The zero-order valence-corrected chi connectivity index (χ0v) is 8.92. The number of halogens is 1. The molecule has 0 aromatic rings. The summed E-state index contributed by atoms with van der Waals surface area (Å²) in [6.45, 7) is 2.56. The van der Waals surface area contributed by atoms with Gasteiger partial charge in [0.05, 0.1) is 5.75 Å². The third kappa shape index (κ3) is 6.88. The lowest BCUT2D eigenvalue weighted by Crippen LogP contribution is -2.27. The van der Waals surface area contributed by atoms with Gasteiger partial charge in [0, 0.05) is 12.4 Å². The summed E-state index contributed by atoms with van der Waals surface area (Å²) in [5, 5.41) is 0. The van der Waals surface area contributed by atoms with E-state index in [2.05, 4.69) is 4.72 Å². The lowest BCUT2D eigenvalue weighted by molar-refractivity contribution is 0.577. The van der Waals surface area contributed by atoms with E-state index in [0.29, 0.717) is 18.8 Å². The molecule has 0 rings (SSSR count). The SMILES string of the molecule is CCCCNS(=O)(=O)CCCCl. The smallest absolute Gasteiger partial charge is 0.211 e. The summed E-state index contributed by atoms with van der Waals surface area (Å²) >= 11 is 5.38. The first kappa shape index (κ1) is 12.2. The van der Waals surface area contributed by atoms with Crippen LogP contribution in [0.5, 0.6) is 0 Å². The molecule has 0 aromatic heterocycles. The molecule has 74 valence electrons. The van der Waals surface area contributed by atoms with Crippen molar-refractivity contribution in [1.82, 2.24) is 4.72 Å². The molecule has 0 unspecified atom stereocenters. The lowest BCUT2D eigenvalue weighted by atomic mass is 10.3. The minimum Gasteiger partial charge on any atom is -0.215 e. The van der Waals surface area contributed by atoms with Gasteiger partial charge in [-0.1, -0.05) is 13.3 Å². The van der Waals surface area contributed by atoms with E-state index in [1.54, 1.807) is 0 Å². The number of nitrogens with one attached hydrogen (secondary N) is 1. The van der Waals surface area contributed by atoms with Gasteiger partial charge in [0.25, 0.3) is 0 Å². The molecule has 3 nitrogen and oxygen atoms in total. The minimum absolute atomic E-state index is 0.139. The number of hydrogen-bond acceptors (Lipinski definition) is 2. The van der Waals surface area contributed by atoms with Gasteiger partial charge >= 0.3 is 0 Å². The van der Waals surface area contributed by atoms with Gasteiger partial charge in [-0.2, -0.15) is 0 Å². The van der Waals surface area contributed by atoms with Crippen molar-refractivity contribution in [2.24, 2.45) is 0 Å². The highest BCUT2D eigenvalue weighted by molar-refractivity contribution is 7.89. The Hall–Kier alpha value is 0.200. The van der Waals surface area contributed by atoms with Crippen LogP contribution in [0, 0.1) is 0 Å². The van der Waals surface area contributed by atoms with Crippen LogP contribution in [0.1, 0.15) is 26.2 Å². The van der Waals surface area contributed by atoms with E-state index in [4.69, 9.17) is 11.6 Å². The van der Waals surface area contributed by atoms with Crippen molar-refractivity contribution in [1.29, 1.82) is 0 Å². The number of hydrogen-bond donors (Lipinski definition) is 1. The number of rotatable bonds is 7. The molecule has 0 radical (unpaired) electrons. The Morgan fingerprint density at radius 2 is 2.00 bits per heavy atom. The van der Waals surface area contributed by atoms with Crippen LogP contribution in [0.3, 0.4) is 0 Å². The van der Waals surface area contributed by atoms with Gasteiger partial charge < -0.3 is 0 Å². The van der Waals surface area contributed by atoms with Gasteiger partial charge in [0.2, 0.25) is 10.0 Å². The predicted octanol–water partition coefficient (Wildman–Crippen LogP) is 1.33. The van der Waals surface area contributed by atoms with Gasteiger partial charge in [-0.25, -0.2) is 13.1 Å². The van der Waals surface area contributed by atoms with Crippen molar-refractivity contribution in [3.63, 3.8) is 0 Å². The van der Waals surface area contributed by atoms with Gasteiger partial charge in [0.1, 0.15) is 0 Å². The monoisotopic (exact) mass is 213 g/mol. The fraction of sp³-hybridized carbons (Fsp3) is 1.00. The van der Waals surface area contributed by atoms with Gasteiger partial charge in [-0.05, 0) is 12.8 Å². The standard InChI is InChI=1S/C7H16ClNO2S/c1-2-3-6-9-12(10,11)7-4-5-8/h9H,2-7H2,1H3. The molecule has 0 atom stereocenters. The van der Waals surface area contributed by atoms with Crippen molar-refractivity contribution in [3.05, 3.63) is 0 Å². The highest BCUT2D eigenvalue weighted by atomic mass is 35.5. The summed E-state index contributed by atoms with van der Waals surface area (Å²) in [6, 6.07) is 0. The quantitative estimate of drug-likeness (QED) is 0.513. The zero-order valence-electron chi connectivity index (χ0n) is 7.35. The second-order valence-corrected chi connectivity index (χ2v) is 4.91.